The molecule has 0 amide bonds. The van der Waals surface area contributed by atoms with Crippen LogP contribution in [0, 0.1) is 10.1 Å². The zero-order chi connectivity index (χ0) is 15.1. The van der Waals surface area contributed by atoms with Gasteiger partial charge in [0.2, 0.25) is 0 Å². The van der Waals surface area contributed by atoms with Gasteiger partial charge in [0.05, 0.1) is 10.4 Å². The Morgan fingerprint density at radius 1 is 1.29 bits per heavy atom. The van der Waals surface area contributed by atoms with Gasteiger partial charge in [0, 0.05) is 37.8 Å². The summed E-state index contributed by atoms with van der Waals surface area (Å²) in [6.07, 6.45) is 4.53. The molecular weight excluding hydrogens is 272 g/mol. The monoisotopic (exact) mass is 290 g/mol. The molecule has 1 aromatic heterocycles. The summed E-state index contributed by atoms with van der Waals surface area (Å²) in [4.78, 5) is 18.7. The van der Waals surface area contributed by atoms with Crippen LogP contribution in [0.2, 0.25) is 0 Å². The maximum atomic E-state index is 10.8. The lowest BCUT2D eigenvalue weighted by Crippen LogP contribution is -2.05. The number of nitro groups is 1. The molecule has 0 spiro atoms. The van der Waals surface area contributed by atoms with Crippen molar-refractivity contribution >= 4 is 22.4 Å². The molecule has 0 saturated carbocycles. The molecule has 0 fully saturated rings. The zero-order valence-corrected chi connectivity index (χ0v) is 11.9. The van der Waals surface area contributed by atoms with E-state index in [1.807, 2.05) is 0 Å². The number of nitrogens with one attached hydrogen (secondary N) is 1. The van der Waals surface area contributed by atoms with Gasteiger partial charge in [0.25, 0.3) is 5.69 Å². The van der Waals surface area contributed by atoms with Gasteiger partial charge >= 0.3 is 0 Å². The van der Waals surface area contributed by atoms with E-state index in [4.69, 9.17) is 4.74 Å². The minimum atomic E-state index is -0.416. The van der Waals surface area contributed by atoms with Gasteiger partial charge in [-0.05, 0) is 25.3 Å². The molecular formula is C14H18N4O3. The molecule has 0 radical (unpaired) electrons. The molecule has 21 heavy (non-hydrogen) atoms. The Kier molecular flexibility index (Phi) is 5.39. The number of nitro benzene ring substituents is 1. The first-order valence-corrected chi connectivity index (χ1v) is 6.84. The van der Waals surface area contributed by atoms with Gasteiger partial charge in [0.15, 0.2) is 0 Å². The molecule has 0 unspecified atom stereocenters. The van der Waals surface area contributed by atoms with E-state index in [2.05, 4.69) is 15.3 Å². The second kappa shape index (κ2) is 7.49. The van der Waals surface area contributed by atoms with E-state index in [0.29, 0.717) is 16.7 Å². The minimum absolute atomic E-state index is 0.0421. The van der Waals surface area contributed by atoms with Gasteiger partial charge in [-0.2, -0.15) is 0 Å². The maximum absolute atomic E-state index is 10.8. The number of ether oxygens (including phenoxy) is 1. The minimum Gasteiger partial charge on any atom is -0.385 e. The molecule has 1 aromatic carbocycles. The van der Waals surface area contributed by atoms with E-state index in [1.54, 1.807) is 13.2 Å². The number of fused-ring (bicyclic) bond motifs is 1. The predicted molar refractivity (Wildman–Crippen MR) is 80.4 cm³/mol. The normalized spacial score (nSPS) is 10.7. The Balaban J connectivity index is 2.05. The molecule has 0 bridgehead atoms. The lowest BCUT2D eigenvalue weighted by molar-refractivity contribution is -0.384. The summed E-state index contributed by atoms with van der Waals surface area (Å²) in [5, 5.41) is 14.7. The molecule has 7 heteroatoms. The highest BCUT2D eigenvalue weighted by Gasteiger charge is 2.10. The third-order valence-electron chi connectivity index (χ3n) is 3.15. The Labute approximate surface area is 122 Å². The fourth-order valence-corrected chi connectivity index (χ4v) is 2.05. The Morgan fingerprint density at radius 2 is 2.14 bits per heavy atom. The highest BCUT2D eigenvalue weighted by molar-refractivity contribution is 5.90. The standard InChI is InChI=1S/C14H18N4O3/c1-21-8-4-2-3-7-15-14-12-9-11(18(19)20)5-6-13(12)16-10-17-14/h5-6,9-10H,2-4,7-8H2,1H3,(H,15,16,17). The van der Waals surface area contributed by atoms with Crippen molar-refractivity contribution in [2.75, 3.05) is 25.6 Å². The van der Waals surface area contributed by atoms with Crippen LogP contribution in [0.3, 0.4) is 0 Å². The molecule has 112 valence electrons. The lowest BCUT2D eigenvalue weighted by atomic mass is 10.2. The average molecular weight is 290 g/mol. The molecule has 7 nitrogen and oxygen atoms in total. The molecule has 1 N–H and O–H groups in total. The van der Waals surface area contributed by atoms with Crippen molar-refractivity contribution in [1.82, 2.24) is 9.97 Å². The number of aromatic nitrogens is 2. The zero-order valence-electron chi connectivity index (χ0n) is 11.9. The predicted octanol–water partition coefficient (Wildman–Crippen LogP) is 2.77. The number of benzene rings is 1. The van der Waals surface area contributed by atoms with Crippen LogP contribution in [0.25, 0.3) is 10.9 Å². The maximum Gasteiger partial charge on any atom is 0.270 e. The number of anilines is 1. The van der Waals surface area contributed by atoms with Crippen molar-refractivity contribution < 1.29 is 9.66 Å². The van der Waals surface area contributed by atoms with Crippen molar-refractivity contribution in [2.24, 2.45) is 0 Å². The molecule has 0 aliphatic rings. The topological polar surface area (TPSA) is 90.2 Å². The van der Waals surface area contributed by atoms with Gasteiger partial charge in [-0.15, -0.1) is 0 Å². The number of nitrogens with zero attached hydrogens (tertiary/aromatic N) is 3. The second-order valence-electron chi connectivity index (χ2n) is 4.66. The summed E-state index contributed by atoms with van der Waals surface area (Å²) in [7, 11) is 1.69. The Hall–Kier alpha value is -2.28. The smallest absolute Gasteiger partial charge is 0.270 e. The van der Waals surface area contributed by atoms with Crippen LogP contribution < -0.4 is 5.32 Å². The van der Waals surface area contributed by atoms with Crippen molar-refractivity contribution in [3.05, 3.63) is 34.6 Å². The van der Waals surface area contributed by atoms with Crippen molar-refractivity contribution in [2.45, 2.75) is 19.3 Å². The third-order valence-corrected chi connectivity index (χ3v) is 3.15. The van der Waals surface area contributed by atoms with Crippen molar-refractivity contribution in [1.29, 1.82) is 0 Å². The third kappa shape index (κ3) is 4.09. The second-order valence-corrected chi connectivity index (χ2v) is 4.66. The average Bonchev–Trinajstić information content (AvgIpc) is 2.50. The molecule has 0 saturated heterocycles. The highest BCUT2D eigenvalue weighted by atomic mass is 16.6. The van der Waals surface area contributed by atoms with E-state index < -0.39 is 4.92 Å². The largest absolute Gasteiger partial charge is 0.385 e. The number of hydrogen-bond acceptors (Lipinski definition) is 6. The van der Waals surface area contributed by atoms with Gasteiger partial charge in [-0.25, -0.2) is 9.97 Å². The molecule has 0 atom stereocenters. The van der Waals surface area contributed by atoms with E-state index in [9.17, 15) is 10.1 Å². The van der Waals surface area contributed by atoms with Crippen molar-refractivity contribution in [3.63, 3.8) is 0 Å². The lowest BCUT2D eigenvalue weighted by Gasteiger charge is -2.08. The van der Waals surface area contributed by atoms with E-state index in [1.165, 1.54) is 18.5 Å². The van der Waals surface area contributed by atoms with E-state index in [-0.39, 0.29) is 5.69 Å². The summed E-state index contributed by atoms with van der Waals surface area (Å²) in [5.41, 5.74) is 0.734. The fraction of sp³-hybridized carbons (Fsp3) is 0.429. The number of methoxy groups -OCH3 is 1. The van der Waals surface area contributed by atoms with Crippen LogP contribution >= 0.6 is 0 Å². The van der Waals surface area contributed by atoms with Crippen LogP contribution in [0.5, 0.6) is 0 Å². The first-order chi connectivity index (χ1) is 10.2. The quantitative estimate of drug-likeness (QED) is 0.456. The summed E-state index contributed by atoms with van der Waals surface area (Å²) in [5.74, 6) is 0.635. The highest BCUT2D eigenvalue weighted by Crippen LogP contribution is 2.24. The van der Waals surface area contributed by atoms with Crippen LogP contribution in [-0.2, 0) is 4.74 Å². The van der Waals surface area contributed by atoms with E-state index in [0.717, 1.165) is 32.4 Å². The number of hydrogen-bond donors (Lipinski definition) is 1. The fourth-order valence-electron chi connectivity index (χ4n) is 2.05. The summed E-state index contributed by atoms with van der Waals surface area (Å²) >= 11 is 0. The number of unbranched alkanes of at least 4 members (excludes halogenated alkanes) is 2. The van der Waals surface area contributed by atoms with Crippen molar-refractivity contribution in [3.8, 4) is 0 Å². The molecule has 2 aromatic rings. The number of rotatable bonds is 8. The van der Waals surface area contributed by atoms with Crippen LogP contribution in [0.1, 0.15) is 19.3 Å². The van der Waals surface area contributed by atoms with Crippen LogP contribution in [0.15, 0.2) is 24.5 Å². The van der Waals surface area contributed by atoms with E-state index >= 15 is 0 Å². The first-order valence-electron chi connectivity index (χ1n) is 6.84. The SMILES string of the molecule is COCCCCCNc1ncnc2ccc([N+](=O)[O-])cc12. The van der Waals surface area contributed by atoms with Gasteiger partial charge in [-0.3, -0.25) is 10.1 Å². The molecule has 0 aliphatic carbocycles. The molecule has 2 rings (SSSR count). The number of non-ortho nitro benzene ring substituents is 1. The van der Waals surface area contributed by atoms with Crippen LogP contribution in [-0.4, -0.2) is 35.2 Å². The summed E-state index contributed by atoms with van der Waals surface area (Å²) < 4.78 is 5.00. The Bertz CT molecular complexity index is 618. The Morgan fingerprint density at radius 3 is 2.90 bits per heavy atom. The summed E-state index contributed by atoms with van der Waals surface area (Å²) in [6, 6.07) is 4.59. The molecule has 1 heterocycles. The van der Waals surface area contributed by atoms with Gasteiger partial charge in [-0.1, -0.05) is 0 Å². The first kappa shape index (κ1) is 15.1. The van der Waals surface area contributed by atoms with Gasteiger partial charge in [0.1, 0.15) is 12.1 Å². The molecule has 0 aliphatic heterocycles. The van der Waals surface area contributed by atoms with Gasteiger partial charge < -0.3 is 10.1 Å². The van der Waals surface area contributed by atoms with Crippen LogP contribution in [0.4, 0.5) is 11.5 Å². The summed E-state index contributed by atoms with van der Waals surface area (Å²) in [6.45, 7) is 1.53.